The lowest BCUT2D eigenvalue weighted by atomic mass is 9.69. The summed E-state index contributed by atoms with van der Waals surface area (Å²) in [6.07, 6.45) is 7.77. The lowest BCUT2D eigenvalue weighted by molar-refractivity contribution is 0.137. The fraction of sp³-hybridized carbons (Fsp3) is 0.625. The van der Waals surface area contributed by atoms with E-state index < -0.39 is 0 Å². The molecule has 2 aliphatic rings. The van der Waals surface area contributed by atoms with Gasteiger partial charge >= 0.3 is 0 Å². The number of hydrogen-bond acceptors (Lipinski definition) is 2. The predicted octanol–water partition coefficient (Wildman–Crippen LogP) is 3.72. The van der Waals surface area contributed by atoms with Crippen molar-refractivity contribution in [2.75, 3.05) is 0 Å². The zero-order chi connectivity index (χ0) is 12.8. The zero-order valence-corrected chi connectivity index (χ0v) is 11.6. The number of aliphatic imine (C=N–C) groups is 1. The van der Waals surface area contributed by atoms with E-state index in [0.29, 0.717) is 16.9 Å². The molecule has 0 N–H and O–H groups in total. The third kappa shape index (κ3) is 1.54. The Morgan fingerprint density at radius 3 is 2.72 bits per heavy atom. The molecule has 0 aliphatic heterocycles. The number of aromatic nitrogens is 1. The predicted molar refractivity (Wildman–Crippen MR) is 74.8 cm³/mol. The van der Waals surface area contributed by atoms with Gasteiger partial charge in [-0.2, -0.15) is 0 Å². The van der Waals surface area contributed by atoms with E-state index in [2.05, 4.69) is 25.8 Å². The fourth-order valence-electron chi connectivity index (χ4n) is 4.01. The third-order valence-corrected chi connectivity index (χ3v) is 5.82. The molecule has 3 rings (SSSR count). The fourth-order valence-corrected chi connectivity index (χ4v) is 4.01. The topological polar surface area (TPSA) is 25.2 Å². The Balaban J connectivity index is 1.82. The van der Waals surface area contributed by atoms with Gasteiger partial charge in [0.05, 0.1) is 11.7 Å². The largest absolute Gasteiger partial charge is 0.287 e. The minimum Gasteiger partial charge on any atom is -0.287 e. The van der Waals surface area contributed by atoms with Crippen LogP contribution in [0.2, 0.25) is 0 Å². The first-order valence-electron chi connectivity index (χ1n) is 6.98. The van der Waals surface area contributed by atoms with Crippen molar-refractivity contribution in [1.82, 2.24) is 4.98 Å². The molecule has 2 bridgehead atoms. The molecule has 2 heteroatoms. The summed E-state index contributed by atoms with van der Waals surface area (Å²) >= 11 is 0. The molecule has 2 nitrogen and oxygen atoms in total. The minimum atomic E-state index is 0.378. The minimum absolute atomic E-state index is 0.378. The van der Waals surface area contributed by atoms with Gasteiger partial charge in [-0.25, -0.2) is 0 Å². The number of pyridine rings is 1. The van der Waals surface area contributed by atoms with Gasteiger partial charge in [-0.1, -0.05) is 26.8 Å². The highest BCUT2D eigenvalue weighted by Crippen LogP contribution is 2.66. The summed E-state index contributed by atoms with van der Waals surface area (Å²) in [4.78, 5) is 9.17. The van der Waals surface area contributed by atoms with Gasteiger partial charge in [0.15, 0.2) is 0 Å². The van der Waals surface area contributed by atoms with Crippen molar-refractivity contribution in [3.05, 3.63) is 30.1 Å². The Morgan fingerprint density at radius 2 is 2.17 bits per heavy atom. The van der Waals surface area contributed by atoms with E-state index in [1.54, 1.807) is 0 Å². The number of hydrogen-bond donors (Lipinski definition) is 0. The molecule has 0 unspecified atom stereocenters. The smallest absolute Gasteiger partial charge is 0.0807 e. The lowest BCUT2D eigenvalue weighted by Crippen LogP contribution is -2.34. The summed E-state index contributed by atoms with van der Waals surface area (Å²) < 4.78 is 0. The van der Waals surface area contributed by atoms with Crippen LogP contribution >= 0.6 is 0 Å². The molecule has 0 saturated heterocycles. The van der Waals surface area contributed by atoms with Crippen molar-refractivity contribution in [3.8, 4) is 0 Å². The molecule has 0 radical (unpaired) electrons. The summed E-state index contributed by atoms with van der Waals surface area (Å²) in [5.41, 5.74) is 1.80. The van der Waals surface area contributed by atoms with Gasteiger partial charge in [-0.05, 0) is 48.1 Å². The molecular weight excluding hydrogens is 220 g/mol. The Labute approximate surface area is 110 Å². The number of fused-ring (bicyclic) bond motifs is 2. The highest BCUT2D eigenvalue weighted by molar-refractivity contribution is 5.76. The average Bonchev–Trinajstić information content (AvgIpc) is 2.70. The lowest BCUT2D eigenvalue weighted by Gasteiger charge is -2.37. The van der Waals surface area contributed by atoms with Crippen LogP contribution in [0, 0.1) is 16.7 Å². The normalized spacial score (nSPS) is 37.5. The highest BCUT2D eigenvalue weighted by atomic mass is 14.9. The van der Waals surface area contributed by atoms with Crippen LogP contribution in [0.15, 0.2) is 29.4 Å². The molecule has 1 aromatic heterocycles. The van der Waals surface area contributed by atoms with Gasteiger partial charge in [-0.15, -0.1) is 0 Å². The second-order valence-corrected chi connectivity index (χ2v) is 6.66. The van der Waals surface area contributed by atoms with Crippen LogP contribution in [0.5, 0.6) is 0 Å². The van der Waals surface area contributed by atoms with E-state index in [4.69, 9.17) is 4.99 Å². The molecule has 0 aromatic carbocycles. The summed E-state index contributed by atoms with van der Waals surface area (Å²) in [5, 5.41) is 0. The van der Waals surface area contributed by atoms with Crippen LogP contribution in [0.1, 0.15) is 45.7 Å². The van der Waals surface area contributed by atoms with Gasteiger partial charge in [0, 0.05) is 12.4 Å². The van der Waals surface area contributed by atoms with Crippen LogP contribution < -0.4 is 0 Å². The van der Waals surface area contributed by atoms with Gasteiger partial charge in [-0.3, -0.25) is 9.98 Å². The van der Waals surface area contributed by atoms with Crippen LogP contribution in [0.3, 0.4) is 0 Å². The Hall–Kier alpha value is -1.18. The molecule has 0 amide bonds. The van der Waals surface area contributed by atoms with E-state index in [-0.39, 0.29) is 0 Å². The Morgan fingerprint density at radius 1 is 1.33 bits per heavy atom. The van der Waals surface area contributed by atoms with E-state index in [1.807, 2.05) is 30.6 Å². The van der Waals surface area contributed by atoms with E-state index >= 15 is 0 Å². The summed E-state index contributed by atoms with van der Waals surface area (Å²) in [7, 11) is 0. The van der Waals surface area contributed by atoms with Crippen molar-refractivity contribution in [1.29, 1.82) is 0 Å². The molecule has 18 heavy (non-hydrogen) atoms. The molecule has 2 fully saturated rings. The van der Waals surface area contributed by atoms with Gasteiger partial charge < -0.3 is 0 Å². The van der Waals surface area contributed by atoms with E-state index in [0.717, 1.165) is 11.6 Å². The Bertz CT molecular complexity index is 463. The standard InChI is InChI=1S/C16H22N2/c1-15(2)12-7-8-16(15,3)14(10-12)18-11-13-6-4-5-9-17-13/h4-6,9,11-12,14H,7-8,10H2,1-3H3/t12-,14+,16+/m1/s1. The van der Waals surface area contributed by atoms with Crippen molar-refractivity contribution in [2.24, 2.45) is 21.7 Å². The second-order valence-electron chi connectivity index (χ2n) is 6.66. The number of nitrogens with zero attached hydrogens (tertiary/aromatic N) is 2. The van der Waals surface area contributed by atoms with Crippen molar-refractivity contribution < 1.29 is 0 Å². The van der Waals surface area contributed by atoms with Crippen molar-refractivity contribution >= 4 is 6.21 Å². The molecular formula is C16H22N2. The first-order valence-corrected chi connectivity index (χ1v) is 6.98. The molecule has 2 aliphatic carbocycles. The first-order chi connectivity index (χ1) is 8.54. The first kappa shape index (κ1) is 11.9. The Kier molecular flexibility index (Phi) is 2.58. The van der Waals surface area contributed by atoms with E-state index in [1.165, 1.54) is 19.3 Å². The average molecular weight is 242 g/mol. The molecule has 3 atom stereocenters. The maximum absolute atomic E-state index is 4.86. The zero-order valence-electron chi connectivity index (χ0n) is 11.6. The summed E-state index contributed by atoms with van der Waals surface area (Å²) in [5.74, 6) is 0.855. The third-order valence-electron chi connectivity index (χ3n) is 5.82. The van der Waals surface area contributed by atoms with Gasteiger partial charge in [0.2, 0.25) is 0 Å². The molecule has 1 aromatic rings. The van der Waals surface area contributed by atoms with Crippen molar-refractivity contribution in [3.63, 3.8) is 0 Å². The summed E-state index contributed by atoms with van der Waals surface area (Å²) in [6.45, 7) is 7.29. The van der Waals surface area contributed by atoms with Crippen LogP contribution in [-0.2, 0) is 0 Å². The van der Waals surface area contributed by atoms with Crippen molar-refractivity contribution in [2.45, 2.75) is 46.1 Å². The monoisotopic (exact) mass is 242 g/mol. The number of rotatable bonds is 2. The van der Waals surface area contributed by atoms with Gasteiger partial charge in [0.1, 0.15) is 0 Å². The molecule has 96 valence electrons. The van der Waals surface area contributed by atoms with Crippen LogP contribution in [0.4, 0.5) is 0 Å². The molecule has 1 heterocycles. The maximum Gasteiger partial charge on any atom is 0.0807 e. The maximum atomic E-state index is 4.86. The second kappa shape index (κ2) is 3.91. The highest BCUT2D eigenvalue weighted by Gasteiger charge is 2.61. The SMILES string of the molecule is CC1(C)[C@@H]2CC[C@@]1(C)[C@@H](N=Cc1ccccn1)C2. The molecule has 0 spiro atoms. The van der Waals surface area contributed by atoms with Gasteiger partial charge in [0.25, 0.3) is 0 Å². The molecule has 2 saturated carbocycles. The van der Waals surface area contributed by atoms with Crippen LogP contribution in [0.25, 0.3) is 0 Å². The summed E-state index contributed by atoms with van der Waals surface area (Å²) in [6, 6.07) is 6.46. The van der Waals surface area contributed by atoms with E-state index in [9.17, 15) is 0 Å². The van der Waals surface area contributed by atoms with Crippen LogP contribution in [-0.4, -0.2) is 17.2 Å². The quantitative estimate of drug-likeness (QED) is 0.726.